The van der Waals surface area contributed by atoms with Crippen LogP contribution in [-0.2, 0) is 21.2 Å². The molecule has 39 heavy (non-hydrogen) atoms. The van der Waals surface area contributed by atoms with Crippen LogP contribution in [0.4, 0.5) is 0 Å². The highest BCUT2D eigenvalue weighted by Crippen LogP contribution is 2.23. The molecule has 1 amide bonds. The summed E-state index contributed by atoms with van der Waals surface area (Å²) < 4.78 is 30.1. The van der Waals surface area contributed by atoms with Crippen LogP contribution in [0.1, 0.15) is 33.6 Å². The monoisotopic (exact) mass is 542 g/mol. The molecule has 3 aromatic carbocycles. The lowest BCUT2D eigenvalue weighted by Gasteiger charge is -2.21. The summed E-state index contributed by atoms with van der Waals surface area (Å²) in [6.45, 7) is 8.01. The molecule has 0 radical (unpaired) electrons. The van der Waals surface area contributed by atoms with Crippen LogP contribution in [0.15, 0.2) is 94.9 Å². The number of hydrogen-bond acceptors (Lipinski definition) is 4. The number of hydrogen-bond donors (Lipinski definition) is 1. The zero-order chi connectivity index (χ0) is 28.0. The van der Waals surface area contributed by atoms with Crippen LogP contribution in [0.25, 0.3) is 5.69 Å². The average Bonchev–Trinajstić information content (AvgIpc) is 3.20. The normalized spacial score (nSPS) is 11.8. The molecule has 202 valence electrons. The van der Waals surface area contributed by atoms with Gasteiger partial charge in [-0.15, -0.1) is 0 Å². The number of benzene rings is 3. The van der Waals surface area contributed by atoms with Crippen molar-refractivity contribution in [1.82, 2.24) is 14.3 Å². The fourth-order valence-corrected chi connectivity index (χ4v) is 6.06. The van der Waals surface area contributed by atoms with E-state index in [0.29, 0.717) is 6.42 Å². The van der Waals surface area contributed by atoms with E-state index < -0.39 is 15.9 Å². The first-order chi connectivity index (χ1) is 18.7. The van der Waals surface area contributed by atoms with E-state index in [1.165, 1.54) is 27.6 Å². The molecule has 0 bridgehead atoms. The molecule has 0 spiro atoms. The van der Waals surface area contributed by atoms with Gasteiger partial charge in [0, 0.05) is 29.2 Å². The van der Waals surface area contributed by atoms with E-state index >= 15 is 0 Å². The lowest BCUT2D eigenvalue weighted by atomic mass is 10.1. The summed E-state index contributed by atoms with van der Waals surface area (Å²) in [7, 11) is -3.87. The number of aryl methyl sites for hydroxylation is 3. The summed E-state index contributed by atoms with van der Waals surface area (Å²) in [4.78, 5) is 13.0. The number of carbonyl (C=O) groups excluding carboxylic acids is 1. The Morgan fingerprint density at radius 2 is 1.59 bits per heavy atom. The summed E-state index contributed by atoms with van der Waals surface area (Å²) >= 11 is 0. The van der Waals surface area contributed by atoms with Crippen LogP contribution in [0, 0.1) is 27.7 Å². The molecule has 0 unspecified atom stereocenters. The zero-order valence-electron chi connectivity index (χ0n) is 22.8. The number of aromatic nitrogens is 1. The van der Waals surface area contributed by atoms with Crippen LogP contribution >= 0.6 is 0 Å². The van der Waals surface area contributed by atoms with Gasteiger partial charge in [0.1, 0.15) is 0 Å². The standard InChI is InChI=1S/C31H34N4O3S/c1-23-15-16-30(24(2)19-23)35-25(3)20-28(26(35)4)21-32-33-31(36)22-34(18-17-27-11-7-5-8-12-27)39(37,38)29-13-9-6-10-14-29/h5-16,19-21H,17-18,22H2,1-4H3,(H,33,36)/b32-21+. The van der Waals surface area contributed by atoms with Gasteiger partial charge < -0.3 is 4.57 Å². The second kappa shape index (κ2) is 12.2. The molecule has 7 nitrogen and oxygen atoms in total. The third-order valence-corrected chi connectivity index (χ3v) is 8.51. The van der Waals surface area contributed by atoms with E-state index in [2.05, 4.69) is 47.1 Å². The van der Waals surface area contributed by atoms with Crippen molar-refractivity contribution in [2.45, 2.75) is 39.0 Å². The number of nitrogens with zero attached hydrogens (tertiary/aromatic N) is 3. The summed E-state index contributed by atoms with van der Waals surface area (Å²) in [6.07, 6.45) is 2.08. The van der Waals surface area contributed by atoms with Gasteiger partial charge in [-0.05, 0) is 69.5 Å². The number of carbonyl (C=O) groups is 1. The fraction of sp³-hybridized carbons (Fsp3) is 0.226. The molecular weight excluding hydrogens is 508 g/mol. The Labute approximate surface area is 230 Å². The zero-order valence-corrected chi connectivity index (χ0v) is 23.6. The van der Waals surface area contributed by atoms with Crippen LogP contribution < -0.4 is 5.43 Å². The van der Waals surface area contributed by atoms with Crippen molar-refractivity contribution in [3.05, 3.63) is 119 Å². The topological polar surface area (TPSA) is 83.8 Å². The Hall–Kier alpha value is -4.01. The molecule has 0 saturated heterocycles. The second-order valence-corrected chi connectivity index (χ2v) is 11.6. The fourth-order valence-electron chi connectivity index (χ4n) is 4.64. The van der Waals surface area contributed by atoms with Gasteiger partial charge >= 0.3 is 0 Å². The van der Waals surface area contributed by atoms with Crippen molar-refractivity contribution in [2.75, 3.05) is 13.1 Å². The van der Waals surface area contributed by atoms with E-state index in [4.69, 9.17) is 0 Å². The van der Waals surface area contributed by atoms with E-state index in [-0.39, 0.29) is 18.0 Å². The molecule has 4 rings (SSSR count). The van der Waals surface area contributed by atoms with Crippen LogP contribution in [0.5, 0.6) is 0 Å². The van der Waals surface area contributed by atoms with Crippen LogP contribution in [0.2, 0.25) is 0 Å². The Bertz CT molecular complexity index is 1580. The lowest BCUT2D eigenvalue weighted by Crippen LogP contribution is -2.40. The number of sulfonamides is 1. The number of amides is 1. The highest BCUT2D eigenvalue weighted by Gasteiger charge is 2.26. The molecular formula is C31H34N4O3S. The minimum absolute atomic E-state index is 0.146. The van der Waals surface area contributed by atoms with Crippen molar-refractivity contribution >= 4 is 22.1 Å². The van der Waals surface area contributed by atoms with E-state index in [0.717, 1.165) is 28.2 Å². The summed E-state index contributed by atoms with van der Waals surface area (Å²) in [6, 6.07) is 26.1. The van der Waals surface area contributed by atoms with Crippen molar-refractivity contribution in [3.8, 4) is 5.69 Å². The molecule has 0 atom stereocenters. The first-order valence-corrected chi connectivity index (χ1v) is 14.3. The van der Waals surface area contributed by atoms with E-state index in [1.54, 1.807) is 24.4 Å². The lowest BCUT2D eigenvalue weighted by molar-refractivity contribution is -0.121. The van der Waals surface area contributed by atoms with E-state index in [1.807, 2.05) is 50.2 Å². The molecule has 0 aliphatic carbocycles. The molecule has 1 heterocycles. The number of rotatable bonds is 10. The minimum Gasteiger partial charge on any atom is -0.318 e. The van der Waals surface area contributed by atoms with Crippen LogP contribution in [-0.4, -0.2) is 42.5 Å². The maximum Gasteiger partial charge on any atom is 0.255 e. The number of nitrogens with one attached hydrogen (secondary N) is 1. The third-order valence-electron chi connectivity index (χ3n) is 6.65. The predicted molar refractivity (Wildman–Crippen MR) is 156 cm³/mol. The highest BCUT2D eigenvalue weighted by atomic mass is 32.2. The Balaban J connectivity index is 1.49. The van der Waals surface area contributed by atoms with Gasteiger partial charge in [-0.25, -0.2) is 13.8 Å². The average molecular weight is 543 g/mol. The first kappa shape index (κ1) is 28.0. The van der Waals surface area contributed by atoms with Gasteiger partial charge in [-0.1, -0.05) is 66.2 Å². The second-order valence-electron chi connectivity index (χ2n) is 9.63. The van der Waals surface area contributed by atoms with Crippen LogP contribution in [0.3, 0.4) is 0 Å². The summed E-state index contributed by atoms with van der Waals surface area (Å²) in [5.41, 5.74) is 9.88. The smallest absolute Gasteiger partial charge is 0.255 e. The maximum atomic E-state index is 13.4. The van der Waals surface area contributed by atoms with Gasteiger partial charge in [-0.3, -0.25) is 4.79 Å². The van der Waals surface area contributed by atoms with Gasteiger partial charge in [-0.2, -0.15) is 9.41 Å². The van der Waals surface area contributed by atoms with Crippen molar-refractivity contribution < 1.29 is 13.2 Å². The quantitative estimate of drug-likeness (QED) is 0.224. The van der Waals surface area contributed by atoms with Gasteiger partial charge in [0.05, 0.1) is 17.7 Å². The summed E-state index contributed by atoms with van der Waals surface area (Å²) in [5, 5.41) is 4.15. The molecule has 0 fully saturated rings. The summed E-state index contributed by atoms with van der Waals surface area (Å²) in [5.74, 6) is -0.512. The molecule has 4 aromatic rings. The predicted octanol–water partition coefficient (Wildman–Crippen LogP) is 5.09. The highest BCUT2D eigenvalue weighted by molar-refractivity contribution is 7.89. The molecule has 1 N–H and O–H groups in total. The SMILES string of the molecule is Cc1ccc(-n2c(C)cc(/C=N/NC(=O)CN(CCc3ccccc3)S(=O)(=O)c3ccccc3)c2C)c(C)c1. The molecule has 0 aliphatic heterocycles. The minimum atomic E-state index is -3.87. The molecule has 0 saturated carbocycles. The third kappa shape index (κ3) is 6.71. The Morgan fingerprint density at radius 1 is 0.923 bits per heavy atom. The molecule has 0 aliphatic rings. The Morgan fingerprint density at radius 3 is 2.26 bits per heavy atom. The van der Waals surface area contributed by atoms with Crippen molar-refractivity contribution in [3.63, 3.8) is 0 Å². The molecule has 1 aromatic heterocycles. The maximum absolute atomic E-state index is 13.4. The first-order valence-electron chi connectivity index (χ1n) is 12.8. The van der Waals surface area contributed by atoms with Gasteiger partial charge in [0.15, 0.2) is 0 Å². The number of hydrazone groups is 1. The molecule has 8 heteroatoms. The largest absolute Gasteiger partial charge is 0.318 e. The van der Waals surface area contributed by atoms with Gasteiger partial charge in [0.2, 0.25) is 10.0 Å². The Kier molecular flexibility index (Phi) is 8.79. The van der Waals surface area contributed by atoms with Crippen molar-refractivity contribution in [2.24, 2.45) is 5.10 Å². The van der Waals surface area contributed by atoms with Gasteiger partial charge in [0.25, 0.3) is 5.91 Å². The van der Waals surface area contributed by atoms with Crippen molar-refractivity contribution in [1.29, 1.82) is 0 Å². The van der Waals surface area contributed by atoms with E-state index in [9.17, 15) is 13.2 Å².